The second-order valence-corrected chi connectivity index (χ2v) is 3.06. The molecule has 0 aromatic rings. The van der Waals surface area contributed by atoms with Crippen LogP contribution in [0.4, 0.5) is 0 Å². The first-order chi connectivity index (χ1) is 5.74. The number of hydrogen-bond donors (Lipinski definition) is 2. The Labute approximate surface area is 69.8 Å². The number of aliphatic hydroxyl groups excluding tert-OH is 2. The molecule has 70 valence electrons. The van der Waals surface area contributed by atoms with E-state index in [4.69, 9.17) is 14.2 Å². The molecular formula is C7H12O5. The van der Waals surface area contributed by atoms with E-state index in [2.05, 4.69) is 0 Å². The number of methoxy groups -OCH3 is 1. The van der Waals surface area contributed by atoms with Gasteiger partial charge in [-0.25, -0.2) is 0 Å². The van der Waals surface area contributed by atoms with Crippen LogP contribution in [0.1, 0.15) is 0 Å². The quantitative estimate of drug-likeness (QED) is 0.507. The van der Waals surface area contributed by atoms with Gasteiger partial charge in [0, 0.05) is 7.11 Å². The maximum atomic E-state index is 9.49. The highest BCUT2D eigenvalue weighted by molar-refractivity contribution is 4.94. The van der Waals surface area contributed by atoms with Crippen LogP contribution in [0.25, 0.3) is 0 Å². The molecule has 2 saturated heterocycles. The Balaban J connectivity index is 2.12. The highest BCUT2D eigenvalue weighted by Crippen LogP contribution is 2.29. The maximum absolute atomic E-state index is 9.49. The molecule has 2 N–H and O–H groups in total. The first kappa shape index (κ1) is 8.40. The summed E-state index contributed by atoms with van der Waals surface area (Å²) in [5.41, 5.74) is 0. The van der Waals surface area contributed by atoms with Crippen molar-refractivity contribution >= 4 is 0 Å². The SMILES string of the molecule is CO[C@@H]1OC2COC([C@H]2O)[C@@H]1O. The Bertz CT molecular complexity index is 173. The van der Waals surface area contributed by atoms with E-state index in [1.807, 2.05) is 0 Å². The summed E-state index contributed by atoms with van der Waals surface area (Å²) in [5.74, 6) is 0. The van der Waals surface area contributed by atoms with Crippen LogP contribution >= 0.6 is 0 Å². The van der Waals surface area contributed by atoms with Gasteiger partial charge in [0.25, 0.3) is 0 Å². The fourth-order valence-corrected chi connectivity index (χ4v) is 1.64. The van der Waals surface area contributed by atoms with Crippen molar-refractivity contribution in [3.8, 4) is 0 Å². The highest BCUT2D eigenvalue weighted by Gasteiger charge is 2.50. The first-order valence-corrected chi connectivity index (χ1v) is 3.90. The van der Waals surface area contributed by atoms with Crippen molar-refractivity contribution < 1.29 is 24.4 Å². The van der Waals surface area contributed by atoms with E-state index in [1.165, 1.54) is 7.11 Å². The molecule has 2 aliphatic rings. The van der Waals surface area contributed by atoms with Gasteiger partial charge in [-0.1, -0.05) is 0 Å². The van der Waals surface area contributed by atoms with Gasteiger partial charge in [-0.2, -0.15) is 0 Å². The van der Waals surface area contributed by atoms with Gasteiger partial charge in [-0.15, -0.1) is 0 Å². The summed E-state index contributed by atoms with van der Waals surface area (Å²) in [7, 11) is 1.45. The van der Waals surface area contributed by atoms with Crippen molar-refractivity contribution in [2.75, 3.05) is 13.7 Å². The van der Waals surface area contributed by atoms with E-state index in [0.717, 1.165) is 0 Å². The summed E-state index contributed by atoms with van der Waals surface area (Å²) in [6.45, 7) is 0.322. The molecule has 5 heteroatoms. The summed E-state index contributed by atoms with van der Waals surface area (Å²) in [6, 6.07) is 0. The molecule has 2 rings (SSSR count). The van der Waals surface area contributed by atoms with E-state index in [0.29, 0.717) is 6.61 Å². The Morgan fingerprint density at radius 1 is 1.33 bits per heavy atom. The van der Waals surface area contributed by atoms with Crippen LogP contribution in [-0.4, -0.2) is 54.6 Å². The van der Waals surface area contributed by atoms with Gasteiger partial charge in [0.1, 0.15) is 24.4 Å². The number of rotatable bonds is 1. The molecule has 0 saturated carbocycles. The normalized spacial score (nSPS) is 52.8. The Morgan fingerprint density at radius 2 is 2.08 bits per heavy atom. The number of hydrogen-bond acceptors (Lipinski definition) is 5. The molecule has 2 bridgehead atoms. The lowest BCUT2D eigenvalue weighted by Gasteiger charge is -2.33. The average Bonchev–Trinajstić information content (AvgIpc) is 2.31. The van der Waals surface area contributed by atoms with Crippen LogP contribution in [0, 0.1) is 0 Å². The van der Waals surface area contributed by atoms with Crippen molar-refractivity contribution in [3.05, 3.63) is 0 Å². The predicted octanol–water partition coefficient (Wildman–Crippen LogP) is -1.52. The Kier molecular flexibility index (Phi) is 2.05. The minimum atomic E-state index is -0.899. The summed E-state index contributed by atoms with van der Waals surface area (Å²) in [4.78, 5) is 0. The van der Waals surface area contributed by atoms with Crippen molar-refractivity contribution in [3.63, 3.8) is 0 Å². The van der Waals surface area contributed by atoms with Crippen molar-refractivity contribution in [2.45, 2.75) is 30.7 Å². The largest absolute Gasteiger partial charge is 0.387 e. The molecule has 0 amide bonds. The summed E-state index contributed by atoms with van der Waals surface area (Å²) in [6.07, 6.45) is -3.22. The molecule has 2 heterocycles. The summed E-state index contributed by atoms with van der Waals surface area (Å²) < 4.78 is 15.2. The van der Waals surface area contributed by atoms with Crippen molar-refractivity contribution in [2.24, 2.45) is 0 Å². The van der Waals surface area contributed by atoms with Crippen LogP contribution in [0.3, 0.4) is 0 Å². The van der Waals surface area contributed by atoms with Gasteiger partial charge in [0.2, 0.25) is 0 Å². The molecule has 2 aliphatic heterocycles. The van der Waals surface area contributed by atoms with Crippen LogP contribution in [0.5, 0.6) is 0 Å². The monoisotopic (exact) mass is 176 g/mol. The zero-order valence-corrected chi connectivity index (χ0v) is 6.71. The summed E-state index contributed by atoms with van der Waals surface area (Å²) >= 11 is 0. The zero-order chi connectivity index (χ0) is 8.72. The van der Waals surface area contributed by atoms with Crippen LogP contribution in [-0.2, 0) is 14.2 Å². The molecule has 12 heavy (non-hydrogen) atoms. The standard InChI is InChI=1S/C7H12O5/c1-10-7-5(9)6-4(8)3(12-7)2-11-6/h3-9H,2H2,1H3/t3?,4-,5-,6?,7+/m0/s1. The van der Waals surface area contributed by atoms with Crippen molar-refractivity contribution in [1.82, 2.24) is 0 Å². The van der Waals surface area contributed by atoms with Gasteiger partial charge >= 0.3 is 0 Å². The smallest absolute Gasteiger partial charge is 0.186 e. The second kappa shape index (κ2) is 2.93. The van der Waals surface area contributed by atoms with E-state index >= 15 is 0 Å². The zero-order valence-electron chi connectivity index (χ0n) is 6.71. The molecule has 0 aromatic carbocycles. The van der Waals surface area contributed by atoms with E-state index in [1.54, 1.807) is 0 Å². The van der Waals surface area contributed by atoms with Crippen LogP contribution in [0.2, 0.25) is 0 Å². The third kappa shape index (κ3) is 1.06. The van der Waals surface area contributed by atoms with Gasteiger partial charge in [0.05, 0.1) is 6.61 Å². The predicted molar refractivity (Wildman–Crippen MR) is 37.4 cm³/mol. The van der Waals surface area contributed by atoms with Crippen molar-refractivity contribution in [1.29, 1.82) is 0 Å². The molecule has 2 unspecified atom stereocenters. The molecule has 0 aliphatic carbocycles. The fraction of sp³-hybridized carbons (Fsp3) is 1.00. The number of ether oxygens (including phenoxy) is 3. The topological polar surface area (TPSA) is 68.2 Å². The molecule has 2 fully saturated rings. The average molecular weight is 176 g/mol. The van der Waals surface area contributed by atoms with Gasteiger partial charge in [-0.05, 0) is 0 Å². The lowest BCUT2D eigenvalue weighted by atomic mass is 10.0. The van der Waals surface area contributed by atoms with E-state index in [9.17, 15) is 10.2 Å². The number of fused-ring (bicyclic) bond motifs is 2. The fourth-order valence-electron chi connectivity index (χ4n) is 1.64. The van der Waals surface area contributed by atoms with E-state index in [-0.39, 0.29) is 6.10 Å². The lowest BCUT2D eigenvalue weighted by Crippen LogP contribution is -2.53. The molecule has 5 nitrogen and oxygen atoms in total. The minimum Gasteiger partial charge on any atom is -0.387 e. The van der Waals surface area contributed by atoms with Gasteiger partial charge < -0.3 is 24.4 Å². The maximum Gasteiger partial charge on any atom is 0.186 e. The highest BCUT2D eigenvalue weighted by atomic mass is 16.7. The molecular weight excluding hydrogens is 164 g/mol. The van der Waals surface area contributed by atoms with Gasteiger partial charge in [0.15, 0.2) is 6.29 Å². The Morgan fingerprint density at radius 3 is 2.75 bits per heavy atom. The van der Waals surface area contributed by atoms with E-state index < -0.39 is 24.6 Å². The molecule has 0 aromatic heterocycles. The molecule has 5 atom stereocenters. The number of aliphatic hydroxyl groups is 2. The van der Waals surface area contributed by atoms with Crippen LogP contribution in [0.15, 0.2) is 0 Å². The second-order valence-electron chi connectivity index (χ2n) is 3.06. The Hall–Kier alpha value is -0.200. The third-order valence-corrected chi connectivity index (χ3v) is 2.33. The lowest BCUT2D eigenvalue weighted by molar-refractivity contribution is -0.253. The summed E-state index contributed by atoms with van der Waals surface area (Å²) in [5, 5.41) is 18.9. The third-order valence-electron chi connectivity index (χ3n) is 2.33. The van der Waals surface area contributed by atoms with Crippen LogP contribution < -0.4 is 0 Å². The molecule has 0 radical (unpaired) electrons. The van der Waals surface area contributed by atoms with Gasteiger partial charge in [-0.3, -0.25) is 0 Å². The molecule has 0 spiro atoms. The first-order valence-electron chi connectivity index (χ1n) is 3.90. The minimum absolute atomic E-state index is 0.322.